The van der Waals surface area contributed by atoms with E-state index >= 15 is 0 Å². The fourth-order valence-electron chi connectivity index (χ4n) is 2.06. The molecule has 2 aromatic heterocycles. The van der Waals surface area contributed by atoms with E-state index in [0.717, 1.165) is 21.8 Å². The Balaban J connectivity index is 2.06. The normalized spacial score (nSPS) is 10.6. The van der Waals surface area contributed by atoms with E-state index in [1.807, 2.05) is 38.2 Å². The van der Waals surface area contributed by atoms with Crippen LogP contribution in [0, 0.1) is 6.92 Å². The van der Waals surface area contributed by atoms with Crippen molar-refractivity contribution in [2.24, 2.45) is 0 Å². The van der Waals surface area contributed by atoms with E-state index in [2.05, 4.69) is 19.8 Å². The Morgan fingerprint density at radius 1 is 1.29 bits per heavy atom. The standard InChI is InChI=1S/C14H14N4O2S/c1-8-11(14(15-2)21-18-8)13-16-12(17-20-13)9-6-4-5-7-10(9)19-3/h4-7,15H,1-3H3. The van der Waals surface area contributed by atoms with Crippen molar-refractivity contribution in [2.75, 3.05) is 19.5 Å². The van der Waals surface area contributed by atoms with Crippen LogP contribution < -0.4 is 10.1 Å². The average molecular weight is 302 g/mol. The lowest BCUT2D eigenvalue weighted by molar-refractivity contribution is 0.413. The van der Waals surface area contributed by atoms with Crippen molar-refractivity contribution in [3.63, 3.8) is 0 Å². The number of rotatable bonds is 4. The van der Waals surface area contributed by atoms with E-state index in [0.29, 0.717) is 17.5 Å². The van der Waals surface area contributed by atoms with Crippen molar-refractivity contribution in [1.29, 1.82) is 0 Å². The van der Waals surface area contributed by atoms with Gasteiger partial charge in [0.1, 0.15) is 10.8 Å². The molecule has 3 rings (SSSR count). The van der Waals surface area contributed by atoms with Crippen LogP contribution in [0.5, 0.6) is 5.75 Å². The van der Waals surface area contributed by atoms with E-state index in [1.54, 1.807) is 7.11 Å². The predicted molar refractivity (Wildman–Crippen MR) is 81.7 cm³/mol. The molecule has 1 N–H and O–H groups in total. The lowest BCUT2D eigenvalue weighted by Gasteiger charge is -2.03. The largest absolute Gasteiger partial charge is 0.496 e. The van der Waals surface area contributed by atoms with Crippen molar-refractivity contribution in [3.05, 3.63) is 30.0 Å². The quantitative estimate of drug-likeness (QED) is 0.797. The van der Waals surface area contributed by atoms with Gasteiger partial charge in [-0.3, -0.25) is 0 Å². The van der Waals surface area contributed by atoms with Crippen molar-refractivity contribution in [3.8, 4) is 28.6 Å². The number of hydrogen-bond donors (Lipinski definition) is 1. The van der Waals surface area contributed by atoms with Crippen LogP contribution in [-0.4, -0.2) is 28.7 Å². The maximum atomic E-state index is 5.40. The zero-order chi connectivity index (χ0) is 14.8. The first kappa shape index (κ1) is 13.6. The van der Waals surface area contributed by atoms with E-state index < -0.39 is 0 Å². The molecular weight excluding hydrogens is 288 g/mol. The van der Waals surface area contributed by atoms with Crippen LogP contribution in [0.1, 0.15) is 5.69 Å². The van der Waals surface area contributed by atoms with Gasteiger partial charge in [0, 0.05) is 7.05 Å². The number of nitrogens with one attached hydrogen (secondary N) is 1. The second kappa shape index (κ2) is 5.53. The molecule has 6 nitrogen and oxygen atoms in total. The minimum Gasteiger partial charge on any atom is -0.496 e. The summed E-state index contributed by atoms with van der Waals surface area (Å²) < 4.78 is 15.0. The van der Waals surface area contributed by atoms with Crippen LogP contribution in [0.15, 0.2) is 28.8 Å². The molecule has 0 unspecified atom stereocenters. The first-order valence-electron chi connectivity index (χ1n) is 6.36. The summed E-state index contributed by atoms with van der Waals surface area (Å²) in [5.74, 6) is 1.65. The summed E-state index contributed by atoms with van der Waals surface area (Å²) in [4.78, 5) is 4.47. The van der Waals surface area contributed by atoms with Crippen LogP contribution in [0.25, 0.3) is 22.8 Å². The van der Waals surface area contributed by atoms with Gasteiger partial charge in [0.2, 0.25) is 5.82 Å². The first-order valence-corrected chi connectivity index (χ1v) is 7.13. The molecular formula is C14H14N4O2S. The minimum atomic E-state index is 0.450. The highest BCUT2D eigenvalue weighted by atomic mass is 32.1. The molecule has 0 aliphatic rings. The summed E-state index contributed by atoms with van der Waals surface area (Å²) in [6.45, 7) is 1.92. The predicted octanol–water partition coefficient (Wildman–Crippen LogP) is 3.22. The highest BCUT2D eigenvalue weighted by Gasteiger charge is 2.20. The summed E-state index contributed by atoms with van der Waals surface area (Å²) in [5.41, 5.74) is 2.50. The molecule has 0 atom stereocenters. The van der Waals surface area contributed by atoms with Crippen LogP contribution in [0.4, 0.5) is 5.00 Å². The van der Waals surface area contributed by atoms with E-state index in [4.69, 9.17) is 9.26 Å². The highest BCUT2D eigenvalue weighted by Crippen LogP contribution is 2.35. The summed E-state index contributed by atoms with van der Waals surface area (Å²) in [7, 11) is 3.46. The van der Waals surface area contributed by atoms with Crippen LogP contribution in [0.2, 0.25) is 0 Å². The van der Waals surface area contributed by atoms with Crippen LogP contribution in [-0.2, 0) is 0 Å². The van der Waals surface area contributed by atoms with Gasteiger partial charge in [0.15, 0.2) is 0 Å². The number of methoxy groups -OCH3 is 1. The Hall–Kier alpha value is -2.41. The van der Waals surface area contributed by atoms with Crippen LogP contribution in [0.3, 0.4) is 0 Å². The molecule has 0 aliphatic carbocycles. The molecule has 7 heteroatoms. The monoisotopic (exact) mass is 302 g/mol. The first-order chi connectivity index (χ1) is 10.2. The van der Waals surface area contributed by atoms with Crippen molar-refractivity contribution < 1.29 is 9.26 Å². The van der Waals surface area contributed by atoms with Gasteiger partial charge in [-0.1, -0.05) is 17.3 Å². The van der Waals surface area contributed by atoms with Gasteiger partial charge >= 0.3 is 0 Å². The molecule has 108 valence electrons. The van der Waals surface area contributed by atoms with Gasteiger partial charge in [0.25, 0.3) is 5.89 Å². The molecule has 0 saturated heterocycles. The van der Waals surface area contributed by atoms with Gasteiger partial charge in [-0.25, -0.2) is 0 Å². The molecule has 0 bridgehead atoms. The number of benzene rings is 1. The molecule has 0 spiro atoms. The fourth-order valence-corrected chi connectivity index (χ4v) is 2.79. The molecule has 0 radical (unpaired) electrons. The van der Waals surface area contributed by atoms with Crippen molar-refractivity contribution in [1.82, 2.24) is 14.5 Å². The maximum Gasteiger partial charge on any atom is 0.263 e. The molecule has 1 aromatic carbocycles. The zero-order valence-corrected chi connectivity index (χ0v) is 12.7. The Labute approximate surface area is 125 Å². The molecule has 0 fully saturated rings. The van der Waals surface area contributed by atoms with E-state index in [-0.39, 0.29) is 0 Å². The second-order valence-corrected chi connectivity index (χ2v) is 5.12. The number of aryl methyl sites for hydroxylation is 1. The zero-order valence-electron chi connectivity index (χ0n) is 11.9. The molecule has 0 aliphatic heterocycles. The topological polar surface area (TPSA) is 73.1 Å². The van der Waals surface area contributed by atoms with Crippen LogP contribution >= 0.6 is 11.5 Å². The molecule has 0 amide bonds. The number of para-hydroxylation sites is 1. The number of anilines is 1. The Morgan fingerprint density at radius 3 is 2.86 bits per heavy atom. The third-order valence-electron chi connectivity index (χ3n) is 3.08. The average Bonchev–Trinajstić information content (AvgIpc) is 3.13. The summed E-state index contributed by atoms with van der Waals surface area (Å²) in [6.07, 6.45) is 0. The molecule has 21 heavy (non-hydrogen) atoms. The van der Waals surface area contributed by atoms with Gasteiger partial charge < -0.3 is 14.6 Å². The van der Waals surface area contributed by atoms with E-state index in [9.17, 15) is 0 Å². The fraction of sp³-hybridized carbons (Fsp3) is 0.214. The molecule has 2 heterocycles. The summed E-state index contributed by atoms with van der Waals surface area (Å²) >= 11 is 1.37. The van der Waals surface area contributed by atoms with Gasteiger partial charge in [0.05, 0.1) is 23.9 Å². The number of aromatic nitrogens is 3. The Bertz CT molecular complexity index is 766. The minimum absolute atomic E-state index is 0.450. The number of ether oxygens (including phenoxy) is 1. The summed E-state index contributed by atoms with van der Waals surface area (Å²) in [6, 6.07) is 7.56. The Morgan fingerprint density at radius 2 is 2.10 bits per heavy atom. The van der Waals surface area contributed by atoms with Gasteiger partial charge in [-0.05, 0) is 30.6 Å². The number of hydrogen-bond acceptors (Lipinski definition) is 7. The van der Waals surface area contributed by atoms with Crippen molar-refractivity contribution >= 4 is 16.5 Å². The smallest absolute Gasteiger partial charge is 0.263 e. The third kappa shape index (κ3) is 2.36. The maximum absolute atomic E-state index is 5.40. The second-order valence-electron chi connectivity index (χ2n) is 4.35. The lowest BCUT2D eigenvalue weighted by atomic mass is 10.2. The van der Waals surface area contributed by atoms with Gasteiger partial charge in [-0.15, -0.1) is 0 Å². The lowest BCUT2D eigenvalue weighted by Crippen LogP contribution is -1.90. The molecule has 0 saturated carbocycles. The number of nitrogens with zero attached hydrogens (tertiary/aromatic N) is 3. The van der Waals surface area contributed by atoms with Crippen molar-refractivity contribution in [2.45, 2.75) is 6.92 Å². The van der Waals surface area contributed by atoms with Gasteiger partial charge in [-0.2, -0.15) is 9.36 Å². The Kier molecular flexibility index (Phi) is 3.57. The molecule has 3 aromatic rings. The summed E-state index contributed by atoms with van der Waals surface area (Å²) in [5, 5.41) is 8.05. The van der Waals surface area contributed by atoms with E-state index in [1.165, 1.54) is 11.5 Å². The SMILES string of the molecule is CNc1snc(C)c1-c1nc(-c2ccccc2OC)no1. The third-order valence-corrected chi connectivity index (χ3v) is 4.03. The highest BCUT2D eigenvalue weighted by molar-refractivity contribution is 7.10.